The molecule has 0 aliphatic heterocycles. The molecule has 19 heavy (non-hydrogen) atoms. The van der Waals surface area contributed by atoms with E-state index in [4.69, 9.17) is 0 Å². The van der Waals surface area contributed by atoms with E-state index in [9.17, 15) is 10.1 Å². The number of nitriles is 1. The maximum atomic E-state index is 12.4. The molecule has 0 radical (unpaired) electrons. The second-order valence-electron chi connectivity index (χ2n) is 4.33. The Hall–Kier alpha value is -2.12. The zero-order valence-corrected chi connectivity index (χ0v) is 11.6. The van der Waals surface area contributed by atoms with Gasteiger partial charge in [-0.1, -0.05) is 23.8 Å². The van der Waals surface area contributed by atoms with Crippen molar-refractivity contribution in [2.75, 3.05) is 7.05 Å². The van der Waals surface area contributed by atoms with Crippen molar-refractivity contribution >= 4 is 17.2 Å². The van der Waals surface area contributed by atoms with Gasteiger partial charge in [-0.2, -0.15) is 5.26 Å². The molecule has 1 atom stereocenters. The van der Waals surface area contributed by atoms with E-state index in [-0.39, 0.29) is 5.91 Å². The van der Waals surface area contributed by atoms with Gasteiger partial charge in [0.1, 0.15) is 0 Å². The van der Waals surface area contributed by atoms with Crippen molar-refractivity contribution in [3.63, 3.8) is 0 Å². The number of thiophene rings is 1. The van der Waals surface area contributed by atoms with Crippen LogP contribution in [0.25, 0.3) is 0 Å². The molecule has 96 valence electrons. The Bertz CT molecular complexity index is 613. The van der Waals surface area contributed by atoms with Crippen LogP contribution in [0.1, 0.15) is 26.8 Å². The van der Waals surface area contributed by atoms with Crippen LogP contribution in [0.15, 0.2) is 41.8 Å². The van der Waals surface area contributed by atoms with Gasteiger partial charge in [-0.15, -0.1) is 11.3 Å². The van der Waals surface area contributed by atoms with Crippen molar-refractivity contribution in [3.05, 3.63) is 57.8 Å². The molecule has 1 unspecified atom stereocenters. The minimum atomic E-state index is -0.534. The number of carbonyl (C=O) groups is 1. The fourth-order valence-electron chi connectivity index (χ4n) is 1.89. The molecule has 0 fully saturated rings. The average molecular weight is 270 g/mol. The number of aryl methyl sites for hydroxylation is 1. The molecule has 0 aliphatic carbocycles. The van der Waals surface area contributed by atoms with Crippen LogP contribution in [-0.2, 0) is 0 Å². The first-order valence-electron chi connectivity index (χ1n) is 5.90. The second kappa shape index (κ2) is 5.68. The summed E-state index contributed by atoms with van der Waals surface area (Å²) in [4.78, 5) is 14.7. The second-order valence-corrected chi connectivity index (χ2v) is 5.31. The van der Waals surface area contributed by atoms with E-state index in [0.717, 1.165) is 10.4 Å². The number of rotatable bonds is 3. The minimum Gasteiger partial charge on any atom is -0.321 e. The summed E-state index contributed by atoms with van der Waals surface area (Å²) < 4.78 is 0. The standard InChI is InChI=1S/C15H14N2OS/c1-11-5-3-6-12(9-11)15(18)17(2)13(10-16)14-7-4-8-19-14/h3-9,13H,1-2H3. The van der Waals surface area contributed by atoms with E-state index in [1.54, 1.807) is 13.1 Å². The highest BCUT2D eigenvalue weighted by Crippen LogP contribution is 2.24. The van der Waals surface area contributed by atoms with Gasteiger partial charge in [-0.3, -0.25) is 4.79 Å². The summed E-state index contributed by atoms with van der Waals surface area (Å²) in [6.45, 7) is 1.94. The smallest absolute Gasteiger partial charge is 0.254 e. The van der Waals surface area contributed by atoms with E-state index in [1.165, 1.54) is 16.2 Å². The molecule has 0 spiro atoms. The fourth-order valence-corrected chi connectivity index (χ4v) is 2.70. The zero-order valence-electron chi connectivity index (χ0n) is 10.8. The lowest BCUT2D eigenvalue weighted by Crippen LogP contribution is -2.30. The lowest BCUT2D eigenvalue weighted by molar-refractivity contribution is 0.0765. The molecule has 1 aromatic carbocycles. The van der Waals surface area contributed by atoms with E-state index in [2.05, 4.69) is 6.07 Å². The fraction of sp³-hybridized carbons (Fsp3) is 0.200. The van der Waals surface area contributed by atoms with E-state index in [0.29, 0.717) is 5.56 Å². The lowest BCUT2D eigenvalue weighted by atomic mass is 10.1. The van der Waals surface area contributed by atoms with Gasteiger partial charge in [0.25, 0.3) is 5.91 Å². The van der Waals surface area contributed by atoms with E-state index < -0.39 is 6.04 Å². The number of amides is 1. The molecule has 0 saturated heterocycles. The van der Waals surface area contributed by atoms with Gasteiger partial charge in [0.05, 0.1) is 6.07 Å². The van der Waals surface area contributed by atoms with Crippen LogP contribution in [0.5, 0.6) is 0 Å². The number of benzene rings is 1. The summed E-state index contributed by atoms with van der Waals surface area (Å²) in [6, 6.07) is 12.8. The lowest BCUT2D eigenvalue weighted by Gasteiger charge is -2.22. The van der Waals surface area contributed by atoms with Crippen LogP contribution in [-0.4, -0.2) is 17.9 Å². The van der Waals surface area contributed by atoms with Crippen molar-refractivity contribution < 1.29 is 4.79 Å². The molecule has 0 aliphatic rings. The molecule has 3 nitrogen and oxygen atoms in total. The van der Waals surface area contributed by atoms with Gasteiger partial charge in [-0.25, -0.2) is 0 Å². The highest BCUT2D eigenvalue weighted by atomic mass is 32.1. The zero-order chi connectivity index (χ0) is 13.8. The molecule has 1 amide bonds. The number of nitrogens with zero attached hydrogens (tertiary/aromatic N) is 2. The summed E-state index contributed by atoms with van der Waals surface area (Å²) in [5.74, 6) is -0.136. The first-order valence-corrected chi connectivity index (χ1v) is 6.78. The van der Waals surface area contributed by atoms with Crippen LogP contribution in [0.3, 0.4) is 0 Å². The van der Waals surface area contributed by atoms with Gasteiger partial charge >= 0.3 is 0 Å². The minimum absolute atomic E-state index is 0.136. The molecule has 1 heterocycles. The average Bonchev–Trinajstić information content (AvgIpc) is 2.92. The van der Waals surface area contributed by atoms with Crippen molar-refractivity contribution in [1.82, 2.24) is 4.90 Å². The Balaban J connectivity index is 2.26. The molecule has 0 bridgehead atoms. The van der Waals surface area contributed by atoms with Crippen LogP contribution in [0, 0.1) is 18.3 Å². The Labute approximate surface area is 116 Å². The number of hydrogen-bond acceptors (Lipinski definition) is 3. The SMILES string of the molecule is Cc1cccc(C(=O)N(C)C(C#N)c2cccs2)c1. The highest BCUT2D eigenvalue weighted by molar-refractivity contribution is 7.10. The summed E-state index contributed by atoms with van der Waals surface area (Å²) in [5, 5.41) is 11.2. The molecule has 4 heteroatoms. The Kier molecular flexibility index (Phi) is 3.98. The van der Waals surface area contributed by atoms with Crippen molar-refractivity contribution in [2.45, 2.75) is 13.0 Å². The monoisotopic (exact) mass is 270 g/mol. The molecule has 0 saturated carbocycles. The predicted octanol–water partition coefficient (Wildman–Crippen LogP) is 3.39. The molecular weight excluding hydrogens is 256 g/mol. The highest BCUT2D eigenvalue weighted by Gasteiger charge is 2.23. The van der Waals surface area contributed by atoms with Crippen molar-refractivity contribution in [2.24, 2.45) is 0 Å². The first kappa shape index (κ1) is 13.3. The molecule has 0 N–H and O–H groups in total. The van der Waals surface area contributed by atoms with Crippen LogP contribution in [0.4, 0.5) is 0 Å². The van der Waals surface area contributed by atoms with Gasteiger partial charge < -0.3 is 4.90 Å². The van der Waals surface area contributed by atoms with Crippen molar-refractivity contribution in [3.8, 4) is 6.07 Å². The van der Waals surface area contributed by atoms with Crippen LogP contribution in [0.2, 0.25) is 0 Å². The Morgan fingerprint density at radius 1 is 1.37 bits per heavy atom. The summed E-state index contributed by atoms with van der Waals surface area (Å²) >= 11 is 1.48. The van der Waals surface area contributed by atoms with Crippen LogP contribution >= 0.6 is 11.3 Å². The number of hydrogen-bond donors (Lipinski definition) is 0. The van der Waals surface area contributed by atoms with Gasteiger partial charge in [0.15, 0.2) is 6.04 Å². The van der Waals surface area contributed by atoms with Gasteiger partial charge in [0.2, 0.25) is 0 Å². The maximum absolute atomic E-state index is 12.4. The predicted molar refractivity (Wildman–Crippen MR) is 75.9 cm³/mol. The van der Waals surface area contributed by atoms with E-state index in [1.807, 2.05) is 42.6 Å². The van der Waals surface area contributed by atoms with Gasteiger partial charge in [0, 0.05) is 17.5 Å². The maximum Gasteiger partial charge on any atom is 0.254 e. The summed E-state index contributed by atoms with van der Waals surface area (Å²) in [7, 11) is 1.66. The molecule has 2 rings (SSSR count). The molecule has 1 aromatic heterocycles. The third-order valence-electron chi connectivity index (χ3n) is 2.91. The summed E-state index contributed by atoms with van der Waals surface area (Å²) in [6.07, 6.45) is 0. The first-order chi connectivity index (χ1) is 9.13. The topological polar surface area (TPSA) is 44.1 Å². The Morgan fingerprint density at radius 2 is 2.16 bits per heavy atom. The molecule has 2 aromatic rings. The largest absolute Gasteiger partial charge is 0.321 e. The normalized spacial score (nSPS) is 11.6. The number of carbonyl (C=O) groups excluding carboxylic acids is 1. The quantitative estimate of drug-likeness (QED) is 0.858. The van der Waals surface area contributed by atoms with Gasteiger partial charge in [-0.05, 0) is 30.5 Å². The van der Waals surface area contributed by atoms with Crippen molar-refractivity contribution in [1.29, 1.82) is 5.26 Å². The molecular formula is C15H14N2OS. The summed E-state index contributed by atoms with van der Waals surface area (Å²) in [5.41, 5.74) is 1.64. The third kappa shape index (κ3) is 2.83. The third-order valence-corrected chi connectivity index (χ3v) is 3.83. The van der Waals surface area contributed by atoms with E-state index >= 15 is 0 Å². The van der Waals surface area contributed by atoms with Crippen LogP contribution < -0.4 is 0 Å². The Morgan fingerprint density at radius 3 is 2.74 bits per heavy atom.